The van der Waals surface area contributed by atoms with Gasteiger partial charge in [-0.1, -0.05) is 102 Å². The molecule has 4 N–H and O–H groups in total. The molecule has 5 fully saturated rings. The summed E-state index contributed by atoms with van der Waals surface area (Å²) in [4.78, 5) is 51.8. The average molecular weight is 929 g/mol. The Hall–Kier alpha value is -4.36. The summed E-state index contributed by atoms with van der Waals surface area (Å²) in [7, 11) is 4.70. The van der Waals surface area contributed by atoms with Crippen molar-refractivity contribution in [2.24, 2.45) is 16.6 Å². The summed E-state index contributed by atoms with van der Waals surface area (Å²) in [6, 6.07) is 17.9. The molecule has 0 saturated carbocycles. The fraction of sp³-hybridized carbons (Fsp3) is 0.562. The van der Waals surface area contributed by atoms with Crippen molar-refractivity contribution in [2.45, 2.75) is 142 Å². The molecule has 0 aromatic heterocycles. The highest BCUT2D eigenvalue weighted by atomic mass is 35.5. The molecule has 2 unspecified atom stereocenters. The molecule has 7 rings (SSSR count). The molecule has 3 amide bonds. The average Bonchev–Trinajstić information content (AvgIpc) is 3.54. The number of carbonyl (C=O) groups is 4. The molecule has 2 aromatic rings. The van der Waals surface area contributed by atoms with Crippen molar-refractivity contribution in [3.63, 3.8) is 0 Å². The van der Waals surface area contributed by atoms with Crippen molar-refractivity contribution in [3.05, 3.63) is 92.1 Å². The maximum absolute atomic E-state index is 13.0. The van der Waals surface area contributed by atoms with Crippen LogP contribution in [0.2, 0.25) is 0 Å². The zero-order valence-electron chi connectivity index (χ0n) is 39.3. The number of carbonyl (C=O) groups excluding carboxylic acids is 4. The number of nitrogens with two attached hydrogens (primary N) is 1. The summed E-state index contributed by atoms with van der Waals surface area (Å²) >= 11 is 0. The molecule has 0 bridgehead atoms. The maximum Gasteiger partial charge on any atom is 0.343 e. The van der Waals surface area contributed by atoms with E-state index in [1.165, 1.54) is 7.11 Å². The summed E-state index contributed by atoms with van der Waals surface area (Å²) < 4.78 is 39.1. The minimum absolute atomic E-state index is 0. The Morgan fingerprint density at radius 3 is 1.75 bits per heavy atom. The number of β-lactam (4-membered cyclic amide) rings is 2. The van der Waals surface area contributed by atoms with Crippen LogP contribution >= 0.6 is 12.4 Å². The van der Waals surface area contributed by atoms with E-state index < -0.39 is 72.2 Å². The maximum atomic E-state index is 13.0. The van der Waals surface area contributed by atoms with Gasteiger partial charge in [-0.25, -0.2) is 4.79 Å². The first-order chi connectivity index (χ1) is 29.8. The second kappa shape index (κ2) is 21.5. The number of para-hydroxylation sites is 2. The van der Waals surface area contributed by atoms with Crippen LogP contribution in [0.4, 0.5) is 11.4 Å². The summed E-state index contributed by atoms with van der Waals surface area (Å²) in [5.74, 6) is -2.99. The van der Waals surface area contributed by atoms with Crippen LogP contribution in [0.5, 0.6) is 0 Å². The number of halogens is 1. The van der Waals surface area contributed by atoms with Crippen molar-refractivity contribution in [1.82, 2.24) is 5.32 Å². The van der Waals surface area contributed by atoms with Crippen molar-refractivity contribution in [3.8, 4) is 0 Å². The van der Waals surface area contributed by atoms with Gasteiger partial charge in [-0.05, 0) is 62.8 Å². The number of allylic oxidation sites excluding steroid dienone is 2. The Morgan fingerprint density at radius 2 is 1.29 bits per heavy atom. The molecule has 0 aliphatic carbocycles. The van der Waals surface area contributed by atoms with Gasteiger partial charge in [-0.15, -0.1) is 12.4 Å². The van der Waals surface area contributed by atoms with E-state index in [0.717, 1.165) is 11.4 Å². The van der Waals surface area contributed by atoms with E-state index in [-0.39, 0.29) is 47.2 Å². The third-order valence-electron chi connectivity index (χ3n) is 10.7. The Kier molecular flexibility index (Phi) is 17.6. The Morgan fingerprint density at radius 1 is 0.800 bits per heavy atom. The zero-order valence-corrected chi connectivity index (χ0v) is 40.1. The lowest BCUT2D eigenvalue weighted by atomic mass is 9.93. The van der Waals surface area contributed by atoms with Crippen LogP contribution < -0.4 is 20.9 Å². The molecule has 5 aliphatic heterocycles. The highest BCUT2D eigenvalue weighted by molar-refractivity contribution is 6.06. The number of anilines is 2. The number of benzene rings is 2. The van der Waals surface area contributed by atoms with Crippen LogP contribution in [0, 0.1) is 17.9 Å². The van der Waals surface area contributed by atoms with Gasteiger partial charge in [0.15, 0.2) is 23.8 Å². The second-order valence-corrected chi connectivity index (χ2v) is 19.5. The summed E-state index contributed by atoms with van der Waals surface area (Å²) in [6.07, 6.45) is 1.67. The third-order valence-corrected chi connectivity index (χ3v) is 10.7. The van der Waals surface area contributed by atoms with Crippen molar-refractivity contribution < 1.29 is 57.4 Å². The monoisotopic (exact) mass is 927 g/mol. The molecule has 0 radical (unpaired) electrons. The summed E-state index contributed by atoms with van der Waals surface area (Å²) in [5, 5.41) is 13.6. The fourth-order valence-corrected chi connectivity index (χ4v) is 7.50. The van der Waals surface area contributed by atoms with Gasteiger partial charge in [0.1, 0.15) is 42.6 Å². The molecule has 358 valence electrons. The van der Waals surface area contributed by atoms with Crippen LogP contribution in [0.15, 0.2) is 85.0 Å². The Bertz CT molecular complexity index is 1990. The lowest BCUT2D eigenvalue weighted by Gasteiger charge is -2.45. The fourth-order valence-electron chi connectivity index (χ4n) is 7.50. The number of hydrogen-bond acceptors (Lipinski definition) is 13. The lowest BCUT2D eigenvalue weighted by molar-refractivity contribution is -0.334. The number of fused-ring (bicyclic) bond motifs is 1. The molecule has 2 aromatic carbocycles. The number of aliphatic hydroxyl groups is 1. The highest BCUT2D eigenvalue weighted by Gasteiger charge is 2.57. The first-order valence-electron chi connectivity index (χ1n) is 21.5. The molecule has 5 heterocycles. The van der Waals surface area contributed by atoms with Crippen LogP contribution in [0.1, 0.15) is 69.2 Å². The summed E-state index contributed by atoms with van der Waals surface area (Å²) in [5.41, 5.74) is 7.09. The highest BCUT2D eigenvalue weighted by Crippen LogP contribution is 2.37. The molecule has 5 aliphatic rings. The molecular formula is C48H68ClN4O12+. The Balaban J connectivity index is 0.000000237. The van der Waals surface area contributed by atoms with Gasteiger partial charge >= 0.3 is 5.97 Å². The SMILES string of the molecule is CO[C@@H](C(=O)NC1CN(c2ccccc2)C1=O)[C@@H]1OC(C)(C)O[C@H](/C=C/C(C)(C)C)[C@@H]1O.Cl.NC1CN(c2ccccc2)C1=O.[CH2+]O[C@H]1C(=O)O[C@@H]2[C@H]1OC(C)(C)O[C@@H]2/C=C/C(C)(C)C. The number of rotatable bonds is 9. The van der Waals surface area contributed by atoms with Crippen LogP contribution in [-0.4, -0.2) is 121 Å². The van der Waals surface area contributed by atoms with E-state index in [1.807, 2.05) is 114 Å². The van der Waals surface area contributed by atoms with Crippen molar-refractivity contribution in [1.29, 1.82) is 0 Å². The smallest absolute Gasteiger partial charge is 0.343 e. The van der Waals surface area contributed by atoms with Gasteiger partial charge in [0, 0.05) is 18.5 Å². The quantitative estimate of drug-likeness (QED) is 0.132. The number of ether oxygens (including phenoxy) is 7. The van der Waals surface area contributed by atoms with Gasteiger partial charge in [0.05, 0.1) is 13.1 Å². The molecule has 65 heavy (non-hydrogen) atoms. The van der Waals surface area contributed by atoms with Crippen molar-refractivity contribution >= 4 is 47.5 Å². The molecule has 5 saturated heterocycles. The normalized spacial score (nSPS) is 29.7. The Labute approximate surface area is 389 Å². The number of amides is 3. The number of hydrogen-bond donors (Lipinski definition) is 3. The third kappa shape index (κ3) is 13.8. The van der Waals surface area contributed by atoms with Crippen LogP contribution in [0.3, 0.4) is 0 Å². The zero-order chi connectivity index (χ0) is 47.4. The number of nitrogens with zero attached hydrogens (tertiary/aromatic N) is 2. The van der Waals surface area contributed by atoms with Gasteiger partial charge < -0.3 is 54.4 Å². The minimum atomic E-state index is -1.13. The predicted octanol–water partition coefficient (Wildman–Crippen LogP) is 5.01. The molecular weight excluding hydrogens is 860 g/mol. The number of nitrogens with one attached hydrogen (secondary N) is 1. The number of methoxy groups -OCH3 is 1. The van der Waals surface area contributed by atoms with Gasteiger partial charge in [0.2, 0.25) is 19.1 Å². The molecule has 17 heteroatoms. The van der Waals surface area contributed by atoms with E-state index in [4.69, 9.17) is 38.9 Å². The van der Waals surface area contributed by atoms with Gasteiger partial charge in [0.25, 0.3) is 11.8 Å². The van der Waals surface area contributed by atoms with Gasteiger partial charge in [-0.3, -0.25) is 14.4 Å². The number of aliphatic hydroxyl groups excluding tert-OH is 1. The molecule has 16 nitrogen and oxygen atoms in total. The van der Waals surface area contributed by atoms with Crippen LogP contribution in [0.25, 0.3) is 0 Å². The molecule has 10 atom stereocenters. The van der Waals surface area contributed by atoms with E-state index >= 15 is 0 Å². The minimum Gasteiger partial charge on any atom is -0.454 e. The van der Waals surface area contributed by atoms with Crippen molar-refractivity contribution in [2.75, 3.05) is 30.0 Å². The van der Waals surface area contributed by atoms with Crippen LogP contribution in [-0.2, 0) is 52.3 Å². The molecule has 0 spiro atoms. The summed E-state index contributed by atoms with van der Waals surface area (Å²) in [6.45, 7) is 20.5. The van der Waals surface area contributed by atoms with E-state index in [2.05, 4.69) is 33.2 Å². The van der Waals surface area contributed by atoms with Gasteiger partial charge in [-0.2, -0.15) is 4.74 Å². The standard InChI is InChI=1S/C24H34N2O6.C15H23O5.C9H10N2O.ClH/c1-23(2,3)13-12-17-18(27)19(32-24(4,5)31-17)20(30-6)21(28)25-16-14-26(22(16)29)15-10-8-7-9-11-15;1-14(2,3)8-7-9-10-11(20-15(4,5)19-9)12(17-6)13(16)18-10;10-8-6-11(9(8)12)7-4-2-1-3-5-7;/h7-13,16-20,27H,14H2,1-6H3,(H,25,28);7-12H,6H2,1-5H3;1-5,8H,6,10H2;1H/q;+1;;/b13-12+;8-7+;;/t16?,17-,18+,19-,20-;9-,10+,11-,12-;;/m11../s1. The first-order valence-corrected chi connectivity index (χ1v) is 21.5. The topological polar surface area (TPSA) is 198 Å². The lowest BCUT2D eigenvalue weighted by Crippen LogP contribution is -2.67. The van der Waals surface area contributed by atoms with E-state index in [0.29, 0.717) is 13.1 Å². The van der Waals surface area contributed by atoms with E-state index in [1.54, 1.807) is 29.7 Å². The predicted molar refractivity (Wildman–Crippen MR) is 246 cm³/mol. The number of esters is 1. The second-order valence-electron chi connectivity index (χ2n) is 19.5. The first kappa shape index (κ1) is 53.3. The van der Waals surface area contributed by atoms with E-state index in [9.17, 15) is 24.3 Å². The largest absolute Gasteiger partial charge is 0.454 e.